The van der Waals surface area contributed by atoms with E-state index in [1.807, 2.05) is 59.5 Å². The Morgan fingerprint density at radius 3 is 2.52 bits per heavy atom. The molecular weight excluding hydrogens is 364 g/mol. The molecule has 2 aliphatic rings. The van der Waals surface area contributed by atoms with Crippen molar-refractivity contribution in [3.05, 3.63) is 71.4 Å². The fourth-order valence-electron chi connectivity index (χ4n) is 4.41. The first-order chi connectivity index (χ1) is 13.9. The number of fused-ring (bicyclic) bond motifs is 1. The summed E-state index contributed by atoms with van der Waals surface area (Å²) < 4.78 is 4.99. The number of hydrogen-bond donors (Lipinski definition) is 1. The van der Waals surface area contributed by atoms with Gasteiger partial charge in [0.1, 0.15) is 6.54 Å². The van der Waals surface area contributed by atoms with Gasteiger partial charge in [0.15, 0.2) is 5.78 Å². The van der Waals surface area contributed by atoms with E-state index < -0.39 is 0 Å². The highest BCUT2D eigenvalue weighted by atomic mass is 16.5. The third kappa shape index (κ3) is 3.65. The minimum absolute atomic E-state index is 0.0577. The van der Waals surface area contributed by atoms with Gasteiger partial charge in [-0.25, -0.2) is 0 Å². The van der Waals surface area contributed by atoms with E-state index in [4.69, 9.17) is 4.74 Å². The summed E-state index contributed by atoms with van der Waals surface area (Å²) in [6, 6.07) is 17.4. The molecule has 2 aromatic rings. The van der Waals surface area contributed by atoms with E-state index in [9.17, 15) is 9.59 Å². The first-order valence-corrected chi connectivity index (χ1v) is 9.90. The van der Waals surface area contributed by atoms with Crippen LogP contribution in [0.3, 0.4) is 0 Å². The molecule has 0 spiro atoms. The van der Waals surface area contributed by atoms with Crippen molar-refractivity contribution in [3.8, 4) is 0 Å². The summed E-state index contributed by atoms with van der Waals surface area (Å²) in [5.74, 6) is -0.214. The summed E-state index contributed by atoms with van der Waals surface area (Å²) in [6.07, 6.45) is 1.26. The predicted octanol–water partition coefficient (Wildman–Crippen LogP) is 4.48. The number of para-hydroxylation sites is 2. The quantitative estimate of drug-likeness (QED) is 0.784. The summed E-state index contributed by atoms with van der Waals surface area (Å²) in [7, 11) is 1.39. The van der Waals surface area contributed by atoms with Gasteiger partial charge in [-0.3, -0.25) is 9.59 Å². The lowest BCUT2D eigenvalue weighted by Gasteiger charge is -2.37. The van der Waals surface area contributed by atoms with Crippen LogP contribution in [-0.2, 0) is 14.3 Å². The zero-order valence-electron chi connectivity index (χ0n) is 17.1. The molecule has 0 radical (unpaired) electrons. The largest absolute Gasteiger partial charge is 0.468 e. The lowest BCUT2D eigenvalue weighted by molar-refractivity contribution is -0.139. The number of benzene rings is 2. The summed E-state index contributed by atoms with van der Waals surface area (Å²) in [5, 5.41) is 3.53. The molecule has 0 fully saturated rings. The number of carbonyl (C=O) groups excluding carboxylic acids is 2. The van der Waals surface area contributed by atoms with Crippen LogP contribution >= 0.6 is 0 Å². The highest BCUT2D eigenvalue weighted by Crippen LogP contribution is 2.48. The molecule has 5 heteroatoms. The third-order valence-electron chi connectivity index (χ3n) is 5.65. The van der Waals surface area contributed by atoms with Gasteiger partial charge in [0.2, 0.25) is 0 Å². The smallest absolute Gasteiger partial charge is 0.325 e. The standard InChI is InChI=1S/C24H26N2O3/c1-24(2)13-18-22(20(27)14-24)23(16-9-5-4-6-10-16)26(15-21(28)29-3)19-12-8-7-11-17(19)25-18/h4-12,23,25H,13-15H2,1-3H3. The molecule has 1 unspecified atom stereocenters. The molecule has 4 rings (SSSR count). The minimum Gasteiger partial charge on any atom is -0.468 e. The number of methoxy groups -OCH3 is 1. The number of Topliss-reactive ketones (excluding diaryl/α,β-unsaturated/α-hetero) is 1. The van der Waals surface area contributed by atoms with E-state index in [0.717, 1.165) is 34.6 Å². The number of anilines is 2. The fourth-order valence-corrected chi connectivity index (χ4v) is 4.41. The molecule has 0 bridgehead atoms. The van der Waals surface area contributed by atoms with Crippen LogP contribution in [0.25, 0.3) is 0 Å². The summed E-state index contributed by atoms with van der Waals surface area (Å²) in [6.45, 7) is 4.30. The molecule has 1 aliphatic heterocycles. The van der Waals surface area contributed by atoms with E-state index in [-0.39, 0.29) is 29.8 Å². The van der Waals surface area contributed by atoms with Crippen molar-refractivity contribution in [2.24, 2.45) is 5.41 Å². The molecule has 29 heavy (non-hydrogen) atoms. The second-order valence-corrected chi connectivity index (χ2v) is 8.49. The molecule has 1 N–H and O–H groups in total. The zero-order chi connectivity index (χ0) is 20.6. The van der Waals surface area contributed by atoms with Crippen molar-refractivity contribution in [2.45, 2.75) is 32.7 Å². The number of ketones is 1. The second-order valence-electron chi connectivity index (χ2n) is 8.49. The maximum Gasteiger partial charge on any atom is 0.325 e. The van der Waals surface area contributed by atoms with Crippen molar-refractivity contribution in [1.82, 2.24) is 0 Å². The maximum atomic E-state index is 13.4. The first kappa shape index (κ1) is 19.2. The molecule has 150 valence electrons. The lowest BCUT2D eigenvalue weighted by Crippen LogP contribution is -2.39. The van der Waals surface area contributed by atoms with Crippen molar-refractivity contribution in [2.75, 3.05) is 23.9 Å². The van der Waals surface area contributed by atoms with Gasteiger partial charge in [0.05, 0.1) is 24.5 Å². The van der Waals surface area contributed by atoms with E-state index in [1.54, 1.807) is 0 Å². The van der Waals surface area contributed by atoms with Gasteiger partial charge < -0.3 is 15.0 Å². The van der Waals surface area contributed by atoms with E-state index in [0.29, 0.717) is 6.42 Å². The van der Waals surface area contributed by atoms with Crippen LogP contribution in [0.15, 0.2) is 65.9 Å². The Hall–Kier alpha value is -3.08. The zero-order valence-corrected chi connectivity index (χ0v) is 17.1. The Bertz CT molecular complexity index is 979. The van der Waals surface area contributed by atoms with E-state index in [1.165, 1.54) is 7.11 Å². The Labute approximate surface area is 171 Å². The van der Waals surface area contributed by atoms with Gasteiger partial charge in [-0.1, -0.05) is 56.3 Å². The molecule has 2 aromatic carbocycles. The van der Waals surface area contributed by atoms with E-state index >= 15 is 0 Å². The number of carbonyl (C=O) groups is 2. The van der Waals surface area contributed by atoms with Crippen LogP contribution in [0.1, 0.15) is 38.3 Å². The number of hydrogen-bond acceptors (Lipinski definition) is 5. The van der Waals surface area contributed by atoms with Crippen LogP contribution in [0.5, 0.6) is 0 Å². The number of allylic oxidation sites excluding steroid dienone is 1. The molecule has 0 aromatic heterocycles. The van der Waals surface area contributed by atoms with Gasteiger partial charge in [-0.05, 0) is 29.5 Å². The number of nitrogens with one attached hydrogen (secondary N) is 1. The van der Waals surface area contributed by atoms with Gasteiger partial charge in [0.25, 0.3) is 0 Å². The van der Waals surface area contributed by atoms with Crippen molar-refractivity contribution in [3.63, 3.8) is 0 Å². The topological polar surface area (TPSA) is 58.6 Å². The number of rotatable bonds is 3. The average Bonchev–Trinajstić information content (AvgIpc) is 2.82. The molecule has 1 atom stereocenters. The molecule has 5 nitrogen and oxygen atoms in total. The Morgan fingerprint density at radius 2 is 1.79 bits per heavy atom. The van der Waals surface area contributed by atoms with E-state index in [2.05, 4.69) is 19.2 Å². The normalized spacial score (nSPS) is 20.3. The Balaban J connectivity index is 1.96. The SMILES string of the molecule is COC(=O)CN1c2ccccc2NC2=C(C(=O)CC(C)(C)C2)C1c1ccccc1. The van der Waals surface area contributed by atoms with Gasteiger partial charge in [-0.15, -0.1) is 0 Å². The molecular formula is C24H26N2O3. The molecule has 0 saturated carbocycles. The Kier molecular flexibility index (Phi) is 4.91. The highest BCUT2D eigenvalue weighted by Gasteiger charge is 2.41. The van der Waals surface area contributed by atoms with Gasteiger partial charge in [-0.2, -0.15) is 0 Å². The number of esters is 1. The fraction of sp³-hybridized carbons (Fsp3) is 0.333. The maximum absolute atomic E-state index is 13.4. The van der Waals surface area contributed by atoms with Crippen LogP contribution in [0.2, 0.25) is 0 Å². The summed E-state index contributed by atoms with van der Waals surface area (Å²) >= 11 is 0. The number of nitrogens with zero attached hydrogens (tertiary/aromatic N) is 1. The van der Waals surface area contributed by atoms with Crippen molar-refractivity contribution >= 4 is 23.1 Å². The van der Waals surface area contributed by atoms with Crippen LogP contribution in [0, 0.1) is 5.41 Å². The van der Waals surface area contributed by atoms with Crippen LogP contribution < -0.4 is 10.2 Å². The minimum atomic E-state index is -0.356. The highest BCUT2D eigenvalue weighted by molar-refractivity contribution is 6.01. The first-order valence-electron chi connectivity index (χ1n) is 9.90. The molecule has 1 heterocycles. The summed E-state index contributed by atoms with van der Waals surface area (Å²) in [4.78, 5) is 27.7. The lowest BCUT2D eigenvalue weighted by atomic mass is 9.73. The summed E-state index contributed by atoms with van der Waals surface area (Å²) in [5.41, 5.74) is 4.34. The Morgan fingerprint density at radius 1 is 1.10 bits per heavy atom. The average molecular weight is 390 g/mol. The molecule has 0 saturated heterocycles. The molecule has 1 aliphatic carbocycles. The van der Waals surface area contributed by atoms with Crippen molar-refractivity contribution < 1.29 is 14.3 Å². The number of ether oxygens (including phenoxy) is 1. The van der Waals surface area contributed by atoms with Gasteiger partial charge >= 0.3 is 5.97 Å². The van der Waals surface area contributed by atoms with Crippen LogP contribution in [0.4, 0.5) is 11.4 Å². The molecule has 0 amide bonds. The third-order valence-corrected chi connectivity index (χ3v) is 5.65. The monoisotopic (exact) mass is 390 g/mol. The van der Waals surface area contributed by atoms with Crippen LogP contribution in [-0.4, -0.2) is 25.4 Å². The van der Waals surface area contributed by atoms with Gasteiger partial charge in [0, 0.05) is 17.7 Å². The second kappa shape index (κ2) is 7.39. The van der Waals surface area contributed by atoms with Crippen molar-refractivity contribution in [1.29, 1.82) is 0 Å². The predicted molar refractivity (Wildman–Crippen MR) is 114 cm³/mol.